The number of hydrogen-bond donors (Lipinski definition) is 3. The molecule has 5 nitrogen and oxygen atoms in total. The van der Waals surface area contributed by atoms with E-state index in [1.54, 1.807) is 24.3 Å². The summed E-state index contributed by atoms with van der Waals surface area (Å²) in [5.41, 5.74) is 2.06. The van der Waals surface area contributed by atoms with E-state index in [2.05, 4.69) is 10.6 Å². The molecule has 1 aliphatic rings. The summed E-state index contributed by atoms with van der Waals surface area (Å²) in [6, 6.07) is 14.8. The Kier molecular flexibility index (Phi) is 4.71. The van der Waals surface area contributed by atoms with Gasteiger partial charge in [0.1, 0.15) is 5.75 Å². The molecule has 0 aromatic heterocycles. The van der Waals surface area contributed by atoms with Crippen molar-refractivity contribution < 1.29 is 14.6 Å². The number of ether oxygens (including phenoxy) is 1. The Labute approximate surface area is 141 Å². The number of benzene rings is 2. The van der Waals surface area contributed by atoms with Crippen molar-refractivity contribution in [1.82, 2.24) is 5.32 Å². The lowest BCUT2D eigenvalue weighted by Crippen LogP contribution is -2.45. The molecular formula is C19H22N2O3. The zero-order valence-electron chi connectivity index (χ0n) is 13.7. The van der Waals surface area contributed by atoms with Crippen LogP contribution in [0.2, 0.25) is 0 Å². The van der Waals surface area contributed by atoms with Crippen LogP contribution in [0.4, 0.5) is 10.5 Å². The Bertz CT molecular complexity index is 688. The zero-order valence-corrected chi connectivity index (χ0v) is 13.7. The molecule has 24 heavy (non-hydrogen) atoms. The molecule has 0 atom stereocenters. The van der Waals surface area contributed by atoms with Crippen molar-refractivity contribution >= 4 is 11.7 Å². The molecule has 5 heteroatoms. The molecule has 3 rings (SSSR count). The van der Waals surface area contributed by atoms with Crippen LogP contribution >= 0.6 is 0 Å². The van der Waals surface area contributed by atoms with Gasteiger partial charge < -0.3 is 20.5 Å². The summed E-state index contributed by atoms with van der Waals surface area (Å²) in [4.78, 5) is 12.0. The first-order valence-corrected chi connectivity index (χ1v) is 8.15. The molecule has 0 radical (unpaired) electrons. The molecule has 2 amide bonds. The van der Waals surface area contributed by atoms with Crippen LogP contribution in [0.3, 0.4) is 0 Å². The van der Waals surface area contributed by atoms with Crippen molar-refractivity contribution in [1.29, 1.82) is 0 Å². The van der Waals surface area contributed by atoms with Gasteiger partial charge in [-0.25, -0.2) is 4.79 Å². The number of anilines is 1. The smallest absolute Gasteiger partial charge is 0.319 e. The number of urea groups is 1. The summed E-state index contributed by atoms with van der Waals surface area (Å²) in [6.45, 7) is 2.74. The van der Waals surface area contributed by atoms with Gasteiger partial charge in [0.05, 0.1) is 12.2 Å². The third kappa shape index (κ3) is 3.86. The van der Waals surface area contributed by atoms with E-state index in [-0.39, 0.29) is 12.6 Å². The van der Waals surface area contributed by atoms with E-state index in [4.69, 9.17) is 4.74 Å². The van der Waals surface area contributed by atoms with Gasteiger partial charge in [-0.05, 0) is 42.3 Å². The fraction of sp³-hybridized carbons (Fsp3) is 0.316. The molecule has 0 aliphatic heterocycles. The second kappa shape index (κ2) is 6.93. The van der Waals surface area contributed by atoms with E-state index >= 15 is 0 Å². The van der Waals surface area contributed by atoms with E-state index < -0.39 is 5.60 Å². The van der Waals surface area contributed by atoms with Crippen LogP contribution in [0, 0.1) is 0 Å². The Morgan fingerprint density at radius 2 is 1.75 bits per heavy atom. The number of carbonyl (C=O) groups is 1. The van der Waals surface area contributed by atoms with Crippen LogP contribution in [0.25, 0.3) is 0 Å². The summed E-state index contributed by atoms with van der Waals surface area (Å²) in [7, 11) is 0. The van der Waals surface area contributed by atoms with Crippen molar-refractivity contribution in [3.8, 4) is 5.75 Å². The van der Waals surface area contributed by atoms with E-state index in [1.807, 2.05) is 31.2 Å². The van der Waals surface area contributed by atoms with Crippen LogP contribution in [0.15, 0.2) is 48.5 Å². The average molecular weight is 326 g/mol. The number of fused-ring (bicyclic) bond motifs is 1. The van der Waals surface area contributed by atoms with Crippen molar-refractivity contribution in [3.05, 3.63) is 59.7 Å². The minimum Gasteiger partial charge on any atom is -0.494 e. The van der Waals surface area contributed by atoms with Crippen molar-refractivity contribution in [2.24, 2.45) is 0 Å². The van der Waals surface area contributed by atoms with Gasteiger partial charge in [-0.1, -0.05) is 24.3 Å². The van der Waals surface area contributed by atoms with Crippen LogP contribution in [-0.2, 0) is 12.8 Å². The predicted octanol–water partition coefficient (Wildman–Crippen LogP) is 2.74. The summed E-state index contributed by atoms with van der Waals surface area (Å²) in [6.07, 6.45) is 1.12. The van der Waals surface area contributed by atoms with Gasteiger partial charge in [0.25, 0.3) is 0 Å². The summed E-state index contributed by atoms with van der Waals surface area (Å²) >= 11 is 0. The minimum absolute atomic E-state index is 0.213. The number of aliphatic hydroxyl groups is 1. The molecule has 0 saturated heterocycles. The monoisotopic (exact) mass is 326 g/mol. The van der Waals surface area contributed by atoms with Crippen LogP contribution in [-0.4, -0.2) is 29.9 Å². The highest BCUT2D eigenvalue weighted by molar-refractivity contribution is 5.89. The minimum atomic E-state index is -0.917. The molecule has 2 aromatic carbocycles. The quantitative estimate of drug-likeness (QED) is 0.791. The fourth-order valence-electron chi connectivity index (χ4n) is 3.02. The van der Waals surface area contributed by atoms with Crippen LogP contribution in [0.5, 0.6) is 5.75 Å². The molecule has 0 bridgehead atoms. The van der Waals surface area contributed by atoms with Gasteiger partial charge in [-0.15, -0.1) is 0 Å². The van der Waals surface area contributed by atoms with Crippen molar-refractivity contribution in [3.63, 3.8) is 0 Å². The van der Waals surface area contributed by atoms with Crippen LogP contribution < -0.4 is 15.4 Å². The summed E-state index contributed by atoms with van der Waals surface area (Å²) in [5.74, 6) is 0.765. The lowest BCUT2D eigenvalue weighted by molar-refractivity contribution is 0.0541. The topological polar surface area (TPSA) is 70.6 Å². The van der Waals surface area contributed by atoms with Gasteiger partial charge in [0.2, 0.25) is 0 Å². The molecule has 126 valence electrons. The molecule has 0 unspecified atom stereocenters. The molecule has 0 heterocycles. The number of amides is 2. The second-order valence-electron chi connectivity index (χ2n) is 6.11. The van der Waals surface area contributed by atoms with Gasteiger partial charge in [-0.2, -0.15) is 0 Å². The Hall–Kier alpha value is -2.53. The largest absolute Gasteiger partial charge is 0.494 e. The lowest BCUT2D eigenvalue weighted by atomic mass is 10.0. The molecule has 1 aliphatic carbocycles. The number of rotatable bonds is 5. The molecule has 0 saturated carbocycles. The maximum absolute atomic E-state index is 12.0. The third-order valence-corrected chi connectivity index (χ3v) is 4.16. The van der Waals surface area contributed by atoms with E-state index in [0.717, 1.165) is 16.9 Å². The van der Waals surface area contributed by atoms with Gasteiger partial charge in [0, 0.05) is 25.1 Å². The van der Waals surface area contributed by atoms with E-state index in [1.165, 1.54) is 0 Å². The lowest BCUT2D eigenvalue weighted by Gasteiger charge is -2.22. The van der Waals surface area contributed by atoms with Crippen molar-refractivity contribution in [2.75, 3.05) is 18.5 Å². The highest BCUT2D eigenvalue weighted by Crippen LogP contribution is 2.29. The number of carbonyl (C=O) groups excluding carboxylic acids is 1. The Morgan fingerprint density at radius 1 is 1.12 bits per heavy atom. The first kappa shape index (κ1) is 16.3. The highest BCUT2D eigenvalue weighted by atomic mass is 16.5. The average Bonchev–Trinajstić information content (AvgIpc) is 2.92. The second-order valence-corrected chi connectivity index (χ2v) is 6.11. The number of nitrogens with one attached hydrogen (secondary N) is 2. The van der Waals surface area contributed by atoms with Crippen LogP contribution in [0.1, 0.15) is 18.1 Å². The van der Waals surface area contributed by atoms with Gasteiger partial charge in [-0.3, -0.25) is 0 Å². The van der Waals surface area contributed by atoms with Gasteiger partial charge >= 0.3 is 6.03 Å². The maximum Gasteiger partial charge on any atom is 0.319 e. The normalized spacial score (nSPS) is 14.8. The zero-order chi connectivity index (χ0) is 17.0. The molecule has 3 N–H and O–H groups in total. The predicted molar refractivity (Wildman–Crippen MR) is 93.4 cm³/mol. The standard InChI is InChI=1S/C19H22N2O3/c1-2-24-17-9-7-16(8-10-17)21-18(22)20-13-19(23)11-14-5-3-4-6-15(14)12-19/h3-10,23H,2,11-13H2,1H3,(H2,20,21,22). The van der Waals surface area contributed by atoms with Gasteiger partial charge in [0.15, 0.2) is 0 Å². The Balaban J connectivity index is 1.51. The first-order valence-electron chi connectivity index (χ1n) is 8.15. The molecule has 2 aromatic rings. The van der Waals surface area contributed by atoms with E-state index in [0.29, 0.717) is 25.1 Å². The molecule has 0 fully saturated rings. The molecular weight excluding hydrogens is 304 g/mol. The Morgan fingerprint density at radius 3 is 2.33 bits per heavy atom. The molecule has 0 spiro atoms. The first-order chi connectivity index (χ1) is 11.6. The summed E-state index contributed by atoms with van der Waals surface area (Å²) in [5, 5.41) is 16.2. The fourth-order valence-corrected chi connectivity index (χ4v) is 3.02. The maximum atomic E-state index is 12.0. The summed E-state index contributed by atoms with van der Waals surface area (Å²) < 4.78 is 5.36. The third-order valence-electron chi connectivity index (χ3n) is 4.16. The SMILES string of the molecule is CCOc1ccc(NC(=O)NCC2(O)Cc3ccccc3C2)cc1. The number of hydrogen-bond acceptors (Lipinski definition) is 3. The van der Waals surface area contributed by atoms with E-state index in [9.17, 15) is 9.90 Å². The van der Waals surface area contributed by atoms with Crippen molar-refractivity contribution in [2.45, 2.75) is 25.4 Å². The highest BCUT2D eigenvalue weighted by Gasteiger charge is 2.35.